The van der Waals surface area contributed by atoms with Crippen molar-refractivity contribution in [3.05, 3.63) is 0 Å². The molecule has 0 unspecified atom stereocenters. The summed E-state index contributed by atoms with van der Waals surface area (Å²) in [5, 5.41) is 13.7. The number of carbonyl (C=O) groups excluding carboxylic acids is 1. The lowest BCUT2D eigenvalue weighted by atomic mass is 10.0. The molecule has 0 saturated heterocycles. The van der Waals surface area contributed by atoms with Crippen LogP contribution < -0.4 is 10.6 Å². The Kier molecular flexibility index (Phi) is 9.14. The zero-order chi connectivity index (χ0) is 13.1. The fourth-order valence-electron chi connectivity index (χ4n) is 1.27. The number of hydrogen-bond acceptors (Lipinski definition) is 3. The Morgan fingerprint density at radius 2 is 1.88 bits per heavy atom. The van der Waals surface area contributed by atoms with Crippen LogP contribution in [0.25, 0.3) is 0 Å². The molecule has 100 valence electrons. The van der Waals surface area contributed by atoms with Gasteiger partial charge in [-0.15, -0.1) is 0 Å². The number of amides is 2. The number of hydrogen-bond donors (Lipinski definition) is 3. The molecule has 0 aliphatic carbocycles. The maximum absolute atomic E-state index is 11.3. The average molecular weight is 246 g/mol. The second kappa shape index (κ2) is 9.89. The minimum atomic E-state index is -1.01. The molecule has 0 aromatic carbocycles. The number of aliphatic carboxylic acids is 1. The van der Waals surface area contributed by atoms with Gasteiger partial charge in [0.25, 0.3) is 0 Å². The van der Waals surface area contributed by atoms with E-state index in [0.717, 1.165) is 12.8 Å². The number of carboxylic acid groups (broad SMARTS) is 1. The molecule has 0 aliphatic rings. The van der Waals surface area contributed by atoms with Crippen molar-refractivity contribution >= 4 is 12.0 Å². The zero-order valence-electron chi connectivity index (χ0n) is 10.5. The number of ether oxygens (including phenoxy) is 1. The smallest absolute Gasteiger partial charge is 0.329 e. The lowest BCUT2D eigenvalue weighted by Crippen LogP contribution is -2.39. The summed E-state index contributed by atoms with van der Waals surface area (Å²) in [5.41, 5.74) is 0. The topological polar surface area (TPSA) is 87.7 Å². The first kappa shape index (κ1) is 15.7. The highest BCUT2D eigenvalue weighted by molar-refractivity contribution is 5.73. The number of urea groups is 1. The Hall–Kier alpha value is -1.30. The average Bonchev–Trinajstić information content (AvgIpc) is 2.29. The number of nitrogens with one attached hydrogen (secondary N) is 2. The first-order valence-electron chi connectivity index (χ1n) is 5.91. The summed E-state index contributed by atoms with van der Waals surface area (Å²) in [6, 6.07) is -0.240. The largest absolute Gasteiger partial charge is 0.480 e. The lowest BCUT2D eigenvalue weighted by molar-refractivity contribution is -0.142. The molecule has 0 atom stereocenters. The highest BCUT2D eigenvalue weighted by Crippen LogP contribution is 2.04. The third kappa shape index (κ3) is 9.62. The number of rotatable bonds is 9. The van der Waals surface area contributed by atoms with Crippen LogP contribution in [0.15, 0.2) is 0 Å². The summed E-state index contributed by atoms with van der Waals surface area (Å²) in [4.78, 5) is 21.4. The SMILES string of the molecule is CCC(CC)CNC(=O)NCCOCC(=O)O. The quantitative estimate of drug-likeness (QED) is 0.526. The molecule has 0 rings (SSSR count). The van der Waals surface area contributed by atoms with Crippen LogP contribution >= 0.6 is 0 Å². The molecular formula is C11H22N2O4. The third-order valence-electron chi connectivity index (χ3n) is 2.46. The van der Waals surface area contributed by atoms with Gasteiger partial charge < -0.3 is 20.5 Å². The van der Waals surface area contributed by atoms with Gasteiger partial charge in [0, 0.05) is 13.1 Å². The van der Waals surface area contributed by atoms with E-state index in [-0.39, 0.29) is 19.2 Å². The van der Waals surface area contributed by atoms with Gasteiger partial charge >= 0.3 is 12.0 Å². The molecule has 0 aromatic rings. The molecular weight excluding hydrogens is 224 g/mol. The van der Waals surface area contributed by atoms with Crippen LogP contribution in [0.2, 0.25) is 0 Å². The summed E-state index contributed by atoms with van der Waals surface area (Å²) in [5.74, 6) is -0.507. The summed E-state index contributed by atoms with van der Waals surface area (Å²) >= 11 is 0. The van der Waals surface area contributed by atoms with Gasteiger partial charge in [0.2, 0.25) is 0 Å². The minimum absolute atomic E-state index is 0.199. The van der Waals surface area contributed by atoms with E-state index in [2.05, 4.69) is 24.5 Å². The van der Waals surface area contributed by atoms with E-state index in [4.69, 9.17) is 9.84 Å². The van der Waals surface area contributed by atoms with Gasteiger partial charge in [-0.2, -0.15) is 0 Å². The molecule has 2 amide bonds. The van der Waals surface area contributed by atoms with Gasteiger partial charge in [0.15, 0.2) is 0 Å². The molecule has 0 spiro atoms. The van der Waals surface area contributed by atoms with Gasteiger partial charge in [-0.1, -0.05) is 26.7 Å². The van der Waals surface area contributed by atoms with Crippen LogP contribution in [0.3, 0.4) is 0 Å². The van der Waals surface area contributed by atoms with E-state index in [1.54, 1.807) is 0 Å². The van der Waals surface area contributed by atoms with Crippen molar-refractivity contribution in [2.24, 2.45) is 5.92 Å². The van der Waals surface area contributed by atoms with E-state index >= 15 is 0 Å². The summed E-state index contributed by atoms with van der Waals surface area (Å²) in [7, 11) is 0. The lowest BCUT2D eigenvalue weighted by Gasteiger charge is -2.13. The molecule has 0 radical (unpaired) electrons. The van der Waals surface area contributed by atoms with Crippen LogP contribution in [0.5, 0.6) is 0 Å². The predicted octanol–water partition coefficient (Wildman–Crippen LogP) is 0.823. The Balaban J connectivity index is 3.43. The van der Waals surface area contributed by atoms with Crippen molar-refractivity contribution in [3.8, 4) is 0 Å². The molecule has 0 aromatic heterocycles. The van der Waals surface area contributed by atoms with Crippen molar-refractivity contribution in [2.75, 3.05) is 26.3 Å². The molecule has 6 nitrogen and oxygen atoms in total. The third-order valence-corrected chi connectivity index (χ3v) is 2.46. The maximum atomic E-state index is 11.3. The fourth-order valence-corrected chi connectivity index (χ4v) is 1.27. The Bertz CT molecular complexity index is 230. The first-order valence-corrected chi connectivity index (χ1v) is 5.91. The second-order valence-corrected chi connectivity index (χ2v) is 3.77. The highest BCUT2D eigenvalue weighted by Gasteiger charge is 2.05. The molecule has 0 bridgehead atoms. The van der Waals surface area contributed by atoms with Crippen molar-refractivity contribution < 1.29 is 19.4 Å². The summed E-state index contributed by atoms with van der Waals surface area (Å²) in [6.07, 6.45) is 2.08. The predicted molar refractivity (Wildman–Crippen MR) is 63.9 cm³/mol. The van der Waals surface area contributed by atoms with Crippen LogP contribution in [0, 0.1) is 5.92 Å². The number of carboxylic acids is 1. The van der Waals surface area contributed by atoms with Gasteiger partial charge in [0.05, 0.1) is 6.61 Å². The van der Waals surface area contributed by atoms with Crippen molar-refractivity contribution in [3.63, 3.8) is 0 Å². The molecule has 6 heteroatoms. The minimum Gasteiger partial charge on any atom is -0.480 e. The Morgan fingerprint density at radius 1 is 1.24 bits per heavy atom. The zero-order valence-corrected chi connectivity index (χ0v) is 10.5. The van der Waals surface area contributed by atoms with Crippen molar-refractivity contribution in [1.29, 1.82) is 0 Å². The number of carbonyl (C=O) groups is 2. The molecule has 0 aliphatic heterocycles. The van der Waals surface area contributed by atoms with Crippen LogP contribution in [-0.2, 0) is 9.53 Å². The summed E-state index contributed by atoms with van der Waals surface area (Å²) < 4.78 is 4.77. The van der Waals surface area contributed by atoms with E-state index in [1.807, 2.05) is 0 Å². The van der Waals surface area contributed by atoms with Gasteiger partial charge in [-0.3, -0.25) is 0 Å². The van der Waals surface area contributed by atoms with Crippen LogP contribution in [0.4, 0.5) is 4.79 Å². The standard InChI is InChI=1S/C11H22N2O4/c1-3-9(4-2)7-13-11(16)12-5-6-17-8-10(14)15/h9H,3-8H2,1-2H3,(H,14,15)(H2,12,13,16). The van der Waals surface area contributed by atoms with Crippen LogP contribution in [0.1, 0.15) is 26.7 Å². The van der Waals surface area contributed by atoms with Gasteiger partial charge in [-0.25, -0.2) is 9.59 Å². The molecule has 0 saturated carbocycles. The molecule has 17 heavy (non-hydrogen) atoms. The fraction of sp³-hybridized carbons (Fsp3) is 0.818. The van der Waals surface area contributed by atoms with E-state index < -0.39 is 5.97 Å². The Labute approximate surface area is 102 Å². The van der Waals surface area contributed by atoms with Crippen molar-refractivity contribution in [1.82, 2.24) is 10.6 Å². The second-order valence-electron chi connectivity index (χ2n) is 3.77. The van der Waals surface area contributed by atoms with E-state index in [0.29, 0.717) is 19.0 Å². The first-order chi connectivity index (χ1) is 8.10. The summed E-state index contributed by atoms with van der Waals surface area (Å²) in [6.45, 7) is 5.01. The van der Waals surface area contributed by atoms with Crippen molar-refractivity contribution in [2.45, 2.75) is 26.7 Å². The normalized spacial score (nSPS) is 10.3. The molecule has 0 heterocycles. The molecule has 3 N–H and O–H groups in total. The van der Waals surface area contributed by atoms with Crippen LogP contribution in [-0.4, -0.2) is 43.4 Å². The van der Waals surface area contributed by atoms with E-state index in [1.165, 1.54) is 0 Å². The molecule has 0 fully saturated rings. The maximum Gasteiger partial charge on any atom is 0.329 e. The Morgan fingerprint density at radius 3 is 2.41 bits per heavy atom. The van der Waals surface area contributed by atoms with E-state index in [9.17, 15) is 9.59 Å². The highest BCUT2D eigenvalue weighted by atomic mass is 16.5. The van der Waals surface area contributed by atoms with Gasteiger partial charge in [0.1, 0.15) is 6.61 Å². The monoisotopic (exact) mass is 246 g/mol. The van der Waals surface area contributed by atoms with Gasteiger partial charge in [-0.05, 0) is 5.92 Å².